The lowest BCUT2D eigenvalue weighted by Crippen LogP contribution is -2.41. The summed E-state index contributed by atoms with van der Waals surface area (Å²) in [6.07, 6.45) is 4.21. The van der Waals surface area contributed by atoms with Crippen molar-refractivity contribution in [1.82, 2.24) is 10.3 Å². The van der Waals surface area contributed by atoms with Gasteiger partial charge < -0.3 is 11.1 Å². The Hall–Kier alpha value is -1.43. The first-order valence-electron chi connectivity index (χ1n) is 7.86. The van der Waals surface area contributed by atoms with Gasteiger partial charge in [0.1, 0.15) is 5.01 Å². The van der Waals surface area contributed by atoms with Crippen LogP contribution in [0.2, 0.25) is 5.02 Å². The molecule has 1 saturated carbocycles. The van der Waals surface area contributed by atoms with Crippen molar-refractivity contribution >= 4 is 28.8 Å². The lowest BCUT2D eigenvalue weighted by molar-refractivity contribution is -0.121. The smallest absolute Gasteiger partial charge is 0.226 e. The molecular weight excluding hydrogens is 330 g/mol. The molecule has 6 heteroatoms. The Morgan fingerprint density at radius 2 is 2.04 bits per heavy atom. The third kappa shape index (κ3) is 4.31. The molecule has 2 aromatic rings. The van der Waals surface area contributed by atoms with Crippen molar-refractivity contribution in [1.29, 1.82) is 0 Å². The predicted octanol–water partition coefficient (Wildman–Crippen LogP) is 3.39. The summed E-state index contributed by atoms with van der Waals surface area (Å²) in [5, 5.41) is 6.54. The lowest BCUT2D eigenvalue weighted by Gasteiger charge is -2.26. The summed E-state index contributed by atoms with van der Waals surface area (Å²) >= 11 is 7.70. The van der Waals surface area contributed by atoms with Gasteiger partial charge in [-0.05, 0) is 31.7 Å². The number of hydrogen-bond donors (Lipinski definition) is 2. The molecule has 122 valence electrons. The van der Waals surface area contributed by atoms with Crippen molar-refractivity contribution in [3.8, 4) is 10.6 Å². The molecule has 3 N–H and O–H groups in total. The Labute approximate surface area is 145 Å². The standard InChI is InChI=1S/C17H20ClN3OS/c18-15-4-2-1-3-14(15)17-21-13(10-23-17)9-16(22)20-12-7-5-11(19)6-8-12/h1-4,10-12H,5-9,19H2,(H,20,22). The van der Waals surface area contributed by atoms with Gasteiger partial charge in [0.25, 0.3) is 0 Å². The number of aromatic nitrogens is 1. The van der Waals surface area contributed by atoms with Gasteiger partial charge >= 0.3 is 0 Å². The topological polar surface area (TPSA) is 68.0 Å². The number of nitrogens with two attached hydrogens (primary N) is 1. The molecule has 1 aromatic heterocycles. The lowest BCUT2D eigenvalue weighted by atomic mass is 9.92. The fourth-order valence-electron chi connectivity index (χ4n) is 2.85. The predicted molar refractivity (Wildman–Crippen MR) is 94.6 cm³/mol. The van der Waals surface area contributed by atoms with Crippen LogP contribution >= 0.6 is 22.9 Å². The molecule has 1 amide bonds. The van der Waals surface area contributed by atoms with E-state index in [2.05, 4.69) is 10.3 Å². The number of carbonyl (C=O) groups is 1. The van der Waals surface area contributed by atoms with E-state index in [0.29, 0.717) is 17.5 Å². The highest BCUT2D eigenvalue weighted by atomic mass is 35.5. The fourth-order valence-corrected chi connectivity index (χ4v) is 3.99. The monoisotopic (exact) mass is 349 g/mol. The van der Waals surface area contributed by atoms with E-state index in [0.717, 1.165) is 41.9 Å². The van der Waals surface area contributed by atoms with Gasteiger partial charge in [-0.3, -0.25) is 4.79 Å². The molecule has 0 bridgehead atoms. The van der Waals surface area contributed by atoms with E-state index < -0.39 is 0 Å². The molecule has 1 aliphatic rings. The molecule has 1 fully saturated rings. The number of carbonyl (C=O) groups excluding carboxylic acids is 1. The van der Waals surface area contributed by atoms with Gasteiger partial charge in [0.15, 0.2) is 0 Å². The Morgan fingerprint density at radius 1 is 1.30 bits per heavy atom. The molecule has 1 aliphatic carbocycles. The number of hydrogen-bond acceptors (Lipinski definition) is 4. The largest absolute Gasteiger partial charge is 0.353 e. The summed E-state index contributed by atoms with van der Waals surface area (Å²) in [6, 6.07) is 8.16. The number of nitrogens with one attached hydrogen (secondary N) is 1. The summed E-state index contributed by atoms with van der Waals surface area (Å²) in [6.45, 7) is 0. The third-order valence-electron chi connectivity index (χ3n) is 4.13. The Bertz CT molecular complexity index is 680. The maximum Gasteiger partial charge on any atom is 0.226 e. The van der Waals surface area contributed by atoms with Gasteiger partial charge in [-0.15, -0.1) is 11.3 Å². The second-order valence-corrected chi connectivity index (χ2v) is 7.25. The first-order chi connectivity index (χ1) is 11.1. The number of benzene rings is 1. The van der Waals surface area contributed by atoms with E-state index in [1.807, 2.05) is 29.6 Å². The average Bonchev–Trinajstić information content (AvgIpc) is 2.98. The SMILES string of the molecule is NC1CCC(NC(=O)Cc2csc(-c3ccccc3Cl)n2)CC1. The van der Waals surface area contributed by atoms with Gasteiger partial charge in [0, 0.05) is 23.0 Å². The van der Waals surface area contributed by atoms with Crippen LogP contribution in [0.1, 0.15) is 31.4 Å². The minimum atomic E-state index is 0.0291. The van der Waals surface area contributed by atoms with Crippen molar-refractivity contribution in [2.45, 2.75) is 44.2 Å². The highest BCUT2D eigenvalue weighted by Crippen LogP contribution is 2.30. The number of nitrogens with zero attached hydrogens (tertiary/aromatic N) is 1. The number of rotatable bonds is 4. The van der Waals surface area contributed by atoms with Crippen LogP contribution in [-0.2, 0) is 11.2 Å². The highest BCUT2D eigenvalue weighted by Gasteiger charge is 2.20. The van der Waals surface area contributed by atoms with Crippen LogP contribution in [0.25, 0.3) is 10.6 Å². The van der Waals surface area contributed by atoms with E-state index in [9.17, 15) is 4.79 Å². The van der Waals surface area contributed by atoms with Gasteiger partial charge in [0.05, 0.1) is 17.1 Å². The maximum absolute atomic E-state index is 12.2. The second kappa shape index (κ2) is 7.43. The van der Waals surface area contributed by atoms with E-state index in [1.165, 1.54) is 11.3 Å². The summed E-state index contributed by atoms with van der Waals surface area (Å²) in [5.41, 5.74) is 7.59. The highest BCUT2D eigenvalue weighted by molar-refractivity contribution is 7.13. The Morgan fingerprint density at radius 3 is 2.78 bits per heavy atom. The van der Waals surface area contributed by atoms with Crippen LogP contribution in [-0.4, -0.2) is 23.0 Å². The number of halogens is 1. The third-order valence-corrected chi connectivity index (χ3v) is 5.39. The average molecular weight is 350 g/mol. The first kappa shape index (κ1) is 16.4. The van der Waals surface area contributed by atoms with Crippen LogP contribution in [0.15, 0.2) is 29.6 Å². The molecule has 0 aliphatic heterocycles. The second-order valence-electron chi connectivity index (χ2n) is 5.98. The zero-order valence-electron chi connectivity index (χ0n) is 12.8. The molecule has 1 heterocycles. The molecule has 4 nitrogen and oxygen atoms in total. The van der Waals surface area contributed by atoms with E-state index in [1.54, 1.807) is 0 Å². The normalized spacial score (nSPS) is 21.1. The van der Waals surface area contributed by atoms with Gasteiger partial charge in [-0.1, -0.05) is 29.8 Å². The maximum atomic E-state index is 12.2. The fraction of sp³-hybridized carbons (Fsp3) is 0.412. The minimum Gasteiger partial charge on any atom is -0.353 e. The van der Waals surface area contributed by atoms with Crippen LogP contribution in [0, 0.1) is 0 Å². The number of amides is 1. The zero-order chi connectivity index (χ0) is 16.2. The van der Waals surface area contributed by atoms with Crippen molar-refractivity contribution in [2.24, 2.45) is 5.73 Å². The summed E-state index contributed by atoms with van der Waals surface area (Å²) in [7, 11) is 0. The molecule has 0 spiro atoms. The minimum absolute atomic E-state index is 0.0291. The summed E-state index contributed by atoms with van der Waals surface area (Å²) < 4.78 is 0. The first-order valence-corrected chi connectivity index (χ1v) is 9.12. The van der Waals surface area contributed by atoms with Gasteiger partial charge in [-0.2, -0.15) is 0 Å². The molecule has 1 aromatic carbocycles. The Kier molecular flexibility index (Phi) is 5.30. The zero-order valence-corrected chi connectivity index (χ0v) is 14.4. The van der Waals surface area contributed by atoms with E-state index in [-0.39, 0.29) is 11.9 Å². The molecule has 3 rings (SSSR count). The van der Waals surface area contributed by atoms with Crippen LogP contribution in [0.5, 0.6) is 0 Å². The summed E-state index contributed by atoms with van der Waals surface area (Å²) in [5.74, 6) is 0.0291. The van der Waals surface area contributed by atoms with Gasteiger partial charge in [-0.25, -0.2) is 4.98 Å². The van der Waals surface area contributed by atoms with Crippen LogP contribution in [0.4, 0.5) is 0 Å². The van der Waals surface area contributed by atoms with Crippen LogP contribution in [0.3, 0.4) is 0 Å². The molecule has 0 unspecified atom stereocenters. The quantitative estimate of drug-likeness (QED) is 0.889. The molecule has 0 atom stereocenters. The van der Waals surface area contributed by atoms with Crippen molar-refractivity contribution in [3.63, 3.8) is 0 Å². The van der Waals surface area contributed by atoms with Crippen LogP contribution < -0.4 is 11.1 Å². The number of thiazole rings is 1. The van der Waals surface area contributed by atoms with Gasteiger partial charge in [0.2, 0.25) is 5.91 Å². The molecule has 0 saturated heterocycles. The van der Waals surface area contributed by atoms with Crippen molar-refractivity contribution in [3.05, 3.63) is 40.4 Å². The van der Waals surface area contributed by atoms with E-state index in [4.69, 9.17) is 17.3 Å². The van der Waals surface area contributed by atoms with E-state index >= 15 is 0 Å². The Balaban J connectivity index is 1.58. The molecule has 23 heavy (non-hydrogen) atoms. The van der Waals surface area contributed by atoms with Crippen molar-refractivity contribution < 1.29 is 4.79 Å². The molecular formula is C17H20ClN3OS. The molecule has 0 radical (unpaired) electrons. The van der Waals surface area contributed by atoms with Crippen molar-refractivity contribution in [2.75, 3.05) is 0 Å². The summed E-state index contributed by atoms with van der Waals surface area (Å²) in [4.78, 5) is 16.7.